The van der Waals surface area contributed by atoms with E-state index < -0.39 is 82.9 Å². The summed E-state index contributed by atoms with van der Waals surface area (Å²) in [7, 11) is 12.6. The summed E-state index contributed by atoms with van der Waals surface area (Å²) in [4.78, 5) is 9.36. The van der Waals surface area contributed by atoms with Crippen LogP contribution < -0.4 is 32.1 Å². The zero-order valence-corrected chi connectivity index (χ0v) is 25.8. The van der Waals surface area contributed by atoms with Gasteiger partial charge < -0.3 is 36.5 Å². The number of halogens is 9. The van der Waals surface area contributed by atoms with Crippen molar-refractivity contribution in [3.05, 3.63) is 87.5 Å². The molecule has 0 fully saturated rings. The van der Waals surface area contributed by atoms with Gasteiger partial charge in [0.1, 0.15) is 24.0 Å². The van der Waals surface area contributed by atoms with E-state index in [2.05, 4.69) is 21.9 Å². The molecular formula is C29H21B2ClF8N8O2. The maximum absolute atomic E-state index is 14.6. The molecule has 1 unspecified atom stereocenters. The number of hydrazine groups is 1. The molecule has 0 amide bonds. The maximum Gasteiger partial charge on any atom is 0.418 e. The van der Waals surface area contributed by atoms with Crippen LogP contribution in [-0.2, 0) is 6.18 Å². The van der Waals surface area contributed by atoms with Crippen LogP contribution in [0.15, 0.2) is 53.0 Å². The van der Waals surface area contributed by atoms with E-state index in [-0.39, 0.29) is 50.5 Å². The van der Waals surface area contributed by atoms with E-state index in [1.807, 2.05) is 5.43 Å². The average molecular weight is 723 g/mol. The molecule has 0 bridgehead atoms. The fourth-order valence-electron chi connectivity index (χ4n) is 6.27. The molecule has 21 heteroatoms. The first-order valence-corrected chi connectivity index (χ1v) is 14.5. The number of hydrogen-bond donors (Lipinski definition) is 6. The maximum atomic E-state index is 14.6. The second kappa shape index (κ2) is 11.5. The zero-order chi connectivity index (χ0) is 36.9. The second-order valence-electron chi connectivity index (χ2n) is 11.7. The number of guanidine groups is 1. The Kier molecular flexibility index (Phi) is 8.13. The number of aliphatic imine (C=N–C) groups is 2. The van der Waals surface area contributed by atoms with Crippen molar-refractivity contribution in [2.24, 2.45) is 21.6 Å². The van der Waals surface area contributed by atoms with E-state index in [0.29, 0.717) is 11.0 Å². The molecule has 6 rings (SSSR count). The van der Waals surface area contributed by atoms with Crippen LogP contribution in [0.25, 0.3) is 5.70 Å². The molecule has 3 aromatic carbocycles. The van der Waals surface area contributed by atoms with Gasteiger partial charge in [-0.05, 0) is 41.7 Å². The van der Waals surface area contributed by atoms with Crippen LogP contribution in [-0.4, -0.2) is 61.7 Å². The number of fused-ring (bicyclic) bond motifs is 5. The molecule has 4 radical (unpaired) electrons. The molecule has 0 saturated heterocycles. The molecule has 0 saturated carbocycles. The number of anilines is 3. The van der Waals surface area contributed by atoms with Crippen LogP contribution in [0.4, 0.5) is 57.9 Å². The fraction of sp³-hybridized carbons (Fsp3) is 0.241. The van der Waals surface area contributed by atoms with Crippen molar-refractivity contribution in [3.63, 3.8) is 0 Å². The smallest absolute Gasteiger partial charge is 0.383 e. The van der Waals surface area contributed by atoms with E-state index in [1.165, 1.54) is 6.07 Å². The number of nitrogens with one attached hydrogen (secondary N) is 2. The highest BCUT2D eigenvalue weighted by Crippen LogP contribution is 2.56. The van der Waals surface area contributed by atoms with E-state index in [9.17, 15) is 45.3 Å². The summed E-state index contributed by atoms with van der Waals surface area (Å²) in [5, 5.41) is 21.5. The lowest BCUT2D eigenvalue weighted by Crippen LogP contribution is -2.63. The summed E-state index contributed by atoms with van der Waals surface area (Å²) in [6, 6.07) is 3.89. The zero-order valence-electron chi connectivity index (χ0n) is 25.1. The van der Waals surface area contributed by atoms with Crippen molar-refractivity contribution in [3.8, 4) is 0 Å². The number of nitrogens with zero attached hydrogens (tertiary/aromatic N) is 4. The van der Waals surface area contributed by atoms with Crippen molar-refractivity contribution in [1.82, 2.24) is 5.32 Å². The van der Waals surface area contributed by atoms with Gasteiger partial charge in [-0.15, -0.1) is 0 Å². The van der Waals surface area contributed by atoms with Gasteiger partial charge in [0.05, 0.1) is 50.0 Å². The molecule has 10 nitrogen and oxygen atoms in total. The molecule has 3 aliphatic heterocycles. The molecule has 3 aliphatic rings. The molecule has 3 aromatic rings. The third-order valence-electron chi connectivity index (χ3n) is 8.05. The minimum absolute atomic E-state index is 0.00113. The van der Waals surface area contributed by atoms with Crippen molar-refractivity contribution in [2.75, 3.05) is 21.8 Å². The lowest BCUT2D eigenvalue weighted by molar-refractivity contribution is -0.162. The van der Waals surface area contributed by atoms with Crippen LogP contribution in [0, 0.1) is 11.6 Å². The van der Waals surface area contributed by atoms with Crippen LogP contribution >= 0.6 is 11.6 Å². The molecule has 0 spiro atoms. The van der Waals surface area contributed by atoms with E-state index in [4.69, 9.17) is 38.9 Å². The SMILES string of the molecule is [B]C1([B])CC(O)(O)N=C2N(CC(F)(F)F)c3cc(N=C(N)c4cc(F)cc(C(F)(F)F)c4NN)c4c(c3N21)C(=C)NC4c1cc(F)ccc1Cl. The molecule has 8 N–H and O–H groups in total. The number of nitrogens with two attached hydrogens (primary N) is 2. The highest BCUT2D eigenvalue weighted by atomic mass is 35.5. The first kappa shape index (κ1) is 35.3. The Morgan fingerprint density at radius 1 is 1.12 bits per heavy atom. The number of hydrogen-bond acceptors (Lipinski definition) is 9. The van der Waals surface area contributed by atoms with Gasteiger partial charge in [-0.2, -0.15) is 31.3 Å². The van der Waals surface area contributed by atoms with E-state index >= 15 is 0 Å². The summed E-state index contributed by atoms with van der Waals surface area (Å²) in [5.74, 6) is -1.31. The molecule has 50 heavy (non-hydrogen) atoms. The molecule has 0 aromatic heterocycles. The highest BCUT2D eigenvalue weighted by Gasteiger charge is 2.53. The molecule has 1 atom stereocenters. The average Bonchev–Trinajstić information content (AvgIpc) is 3.46. The second-order valence-corrected chi connectivity index (χ2v) is 12.1. The van der Waals surface area contributed by atoms with Gasteiger partial charge in [-0.1, -0.05) is 18.2 Å². The van der Waals surface area contributed by atoms with E-state index in [1.54, 1.807) is 0 Å². The Morgan fingerprint density at radius 2 is 1.80 bits per heavy atom. The van der Waals surface area contributed by atoms with E-state index in [0.717, 1.165) is 23.1 Å². The standard InChI is InChI=1S/C29H21B2ClF8N8O2/c1-10-19-20(22(43-10)13-4-11(33)2-3-16(13)32)17(44-24(41)14-5-12(34)6-15(21(14)46-42)29(38,39)40)7-18-23(19)48-25(47(18)9-27(35,36)37)45-28(49,50)8-26(48,30)31/h2-7,22,43,46,49-50H,1,8-9,42H2,(H2,41,44). The highest BCUT2D eigenvalue weighted by molar-refractivity contribution is 6.46. The predicted molar refractivity (Wildman–Crippen MR) is 171 cm³/mol. The Morgan fingerprint density at radius 3 is 2.42 bits per heavy atom. The summed E-state index contributed by atoms with van der Waals surface area (Å²) in [6.07, 6.45) is -11.0. The summed E-state index contributed by atoms with van der Waals surface area (Å²) in [5.41, 5.74) is 3.98. The molecular weight excluding hydrogens is 701 g/mol. The number of alkyl halides is 6. The fourth-order valence-corrected chi connectivity index (χ4v) is 6.50. The monoisotopic (exact) mass is 722 g/mol. The van der Waals surface area contributed by atoms with Crippen LogP contribution in [0.2, 0.25) is 5.02 Å². The number of nitrogen functional groups attached to an aromatic ring is 1. The lowest BCUT2D eigenvalue weighted by atomic mass is 9.57. The first-order valence-electron chi connectivity index (χ1n) is 14.1. The summed E-state index contributed by atoms with van der Waals surface area (Å²) in [6.45, 7) is 2.16. The van der Waals surface area contributed by atoms with Crippen molar-refractivity contribution >= 4 is 67.5 Å². The largest absolute Gasteiger partial charge is 0.418 e. The Bertz CT molecular complexity index is 2020. The summed E-state index contributed by atoms with van der Waals surface area (Å²) < 4.78 is 113. The van der Waals surface area contributed by atoms with Gasteiger partial charge in [-0.3, -0.25) is 5.84 Å². The van der Waals surface area contributed by atoms with Gasteiger partial charge in [-0.25, -0.2) is 13.8 Å². The molecule has 0 aliphatic carbocycles. The minimum atomic E-state index is -5.12. The van der Waals surface area contributed by atoms with Gasteiger partial charge in [0.25, 0.3) is 5.91 Å². The van der Waals surface area contributed by atoms with Crippen LogP contribution in [0.1, 0.15) is 40.3 Å². The van der Waals surface area contributed by atoms with Gasteiger partial charge in [0.15, 0.2) is 0 Å². The lowest BCUT2D eigenvalue weighted by Gasteiger charge is -2.46. The van der Waals surface area contributed by atoms with Crippen molar-refractivity contribution < 1.29 is 45.3 Å². The molecule has 3 heterocycles. The normalized spacial score (nSPS) is 19.5. The van der Waals surface area contributed by atoms with Gasteiger partial charge in [0.2, 0.25) is 5.96 Å². The Hall–Kier alpha value is -4.52. The minimum Gasteiger partial charge on any atom is -0.383 e. The topological polar surface area (TPSA) is 148 Å². The summed E-state index contributed by atoms with van der Waals surface area (Å²) >= 11 is 6.44. The van der Waals surface area contributed by atoms with Gasteiger partial charge in [0, 0.05) is 39.4 Å². The van der Waals surface area contributed by atoms with Gasteiger partial charge >= 0.3 is 12.4 Å². The van der Waals surface area contributed by atoms with Crippen molar-refractivity contribution in [1.29, 1.82) is 0 Å². The molecule has 258 valence electrons. The quantitative estimate of drug-likeness (QED) is 0.0437. The number of rotatable bonds is 5. The Balaban J connectivity index is 1.71. The number of aliphatic hydroxyl groups is 2. The van der Waals surface area contributed by atoms with Crippen molar-refractivity contribution in [2.45, 2.75) is 36.1 Å². The number of benzene rings is 3. The predicted octanol–water partition coefficient (Wildman–Crippen LogP) is 4.20. The number of amidine groups is 1. The van der Waals surface area contributed by atoms with Crippen LogP contribution in [0.3, 0.4) is 0 Å². The van der Waals surface area contributed by atoms with Crippen LogP contribution in [0.5, 0.6) is 0 Å². The Labute approximate surface area is 284 Å². The third kappa shape index (κ3) is 5.99. The third-order valence-corrected chi connectivity index (χ3v) is 8.40. The first-order chi connectivity index (χ1) is 23.0.